The van der Waals surface area contributed by atoms with Crippen LogP contribution in [0.2, 0.25) is 0 Å². The number of hydrogen-bond acceptors (Lipinski definition) is 8. The number of alkyl halides is 1. The highest BCUT2D eigenvalue weighted by Gasteiger charge is 2.31. The van der Waals surface area contributed by atoms with Gasteiger partial charge >= 0.3 is 24.1 Å². The van der Waals surface area contributed by atoms with Crippen LogP contribution >= 0.6 is 0 Å². The van der Waals surface area contributed by atoms with Crippen molar-refractivity contribution in [1.29, 1.82) is 0 Å². The molecule has 35 heavy (non-hydrogen) atoms. The minimum Gasteiger partial charge on any atom is -0.481 e. The second-order valence-electron chi connectivity index (χ2n) is 7.24. The molecule has 0 saturated heterocycles. The third-order valence-corrected chi connectivity index (χ3v) is 4.47. The number of aryl methyl sites for hydroxylation is 1. The first kappa shape index (κ1) is 29.0. The van der Waals surface area contributed by atoms with E-state index in [4.69, 9.17) is 10.2 Å². The number of nitrogens with one attached hydrogen (secondary N) is 2. The van der Waals surface area contributed by atoms with Crippen LogP contribution in [0.1, 0.15) is 37.8 Å². The molecular formula is C18H28FN7O9. The van der Waals surface area contributed by atoms with Crippen LogP contribution in [0.25, 0.3) is 0 Å². The van der Waals surface area contributed by atoms with E-state index in [1.807, 2.05) is 5.43 Å². The van der Waals surface area contributed by atoms with Gasteiger partial charge in [0.1, 0.15) is 6.54 Å². The third-order valence-electron chi connectivity index (χ3n) is 4.47. The predicted octanol–water partition coefficient (Wildman–Crippen LogP) is -0.310. The Labute approximate surface area is 198 Å². The number of carbonyl (C=O) groups excluding carboxylic acids is 2. The van der Waals surface area contributed by atoms with Gasteiger partial charge in [-0.1, -0.05) is 5.21 Å². The molecule has 4 amide bonds. The molecule has 1 aromatic rings. The summed E-state index contributed by atoms with van der Waals surface area (Å²) in [4.78, 5) is 57.1. The zero-order chi connectivity index (χ0) is 26.4. The van der Waals surface area contributed by atoms with Crippen molar-refractivity contribution in [3.63, 3.8) is 0 Å². The number of rotatable bonds is 15. The van der Waals surface area contributed by atoms with Crippen molar-refractivity contribution in [1.82, 2.24) is 35.8 Å². The van der Waals surface area contributed by atoms with Gasteiger partial charge in [0.15, 0.2) is 6.04 Å². The number of hydroxylamine groups is 2. The Kier molecular flexibility index (Phi) is 12.4. The maximum Gasteiger partial charge on any atom is 0.426 e. The van der Waals surface area contributed by atoms with E-state index in [2.05, 4.69) is 15.6 Å². The molecule has 0 aliphatic heterocycles. The molecule has 0 saturated carbocycles. The quantitative estimate of drug-likeness (QED) is 0.103. The van der Waals surface area contributed by atoms with Crippen molar-refractivity contribution >= 4 is 30.0 Å². The van der Waals surface area contributed by atoms with Gasteiger partial charge in [0.25, 0.3) is 0 Å². The van der Waals surface area contributed by atoms with Gasteiger partial charge in [-0.15, -0.1) is 5.10 Å². The van der Waals surface area contributed by atoms with Crippen molar-refractivity contribution < 1.29 is 48.9 Å². The summed E-state index contributed by atoms with van der Waals surface area (Å²) in [7, 11) is 0. The van der Waals surface area contributed by atoms with Gasteiger partial charge in [0, 0.05) is 25.7 Å². The molecule has 196 valence electrons. The number of amides is 4. The van der Waals surface area contributed by atoms with Crippen LogP contribution in [0, 0.1) is 0 Å². The molecular weight excluding hydrogens is 477 g/mol. The number of aromatic nitrogens is 3. The fourth-order valence-electron chi connectivity index (χ4n) is 2.72. The normalized spacial score (nSPS) is 11.4. The summed E-state index contributed by atoms with van der Waals surface area (Å²) in [6, 6.07) is -3.38. The molecule has 0 aliphatic rings. The molecule has 0 bridgehead atoms. The van der Waals surface area contributed by atoms with Crippen molar-refractivity contribution in [2.75, 3.05) is 19.8 Å². The molecule has 0 spiro atoms. The summed E-state index contributed by atoms with van der Waals surface area (Å²) < 4.78 is 13.5. The zero-order valence-corrected chi connectivity index (χ0v) is 18.7. The molecule has 1 atom stereocenters. The van der Waals surface area contributed by atoms with Crippen LogP contribution < -0.4 is 10.7 Å². The van der Waals surface area contributed by atoms with Crippen LogP contribution in [-0.2, 0) is 27.3 Å². The molecule has 0 fully saturated rings. The highest BCUT2D eigenvalue weighted by molar-refractivity contribution is 5.83. The average Bonchev–Trinajstić information content (AvgIpc) is 3.22. The number of aliphatic carboxylic acids is 2. The molecule has 0 aliphatic carbocycles. The summed E-state index contributed by atoms with van der Waals surface area (Å²) in [5.41, 5.74) is 2.38. The lowest BCUT2D eigenvalue weighted by Crippen LogP contribution is -2.54. The van der Waals surface area contributed by atoms with Crippen LogP contribution in [0.5, 0.6) is 0 Å². The largest absolute Gasteiger partial charge is 0.481 e. The molecule has 1 aromatic heterocycles. The predicted molar refractivity (Wildman–Crippen MR) is 112 cm³/mol. The summed E-state index contributed by atoms with van der Waals surface area (Å²) in [6.07, 6.45) is -0.115. The van der Waals surface area contributed by atoms with Gasteiger partial charge in [-0.3, -0.25) is 19.2 Å². The minimum absolute atomic E-state index is 0.112. The average molecular weight is 505 g/mol. The topological polar surface area (TPSA) is 228 Å². The van der Waals surface area contributed by atoms with Crippen molar-refractivity contribution in [3.8, 4) is 0 Å². The monoisotopic (exact) mass is 505 g/mol. The molecule has 1 rings (SSSR count). The van der Waals surface area contributed by atoms with Gasteiger partial charge in [-0.2, -0.15) is 5.06 Å². The number of carboxylic acids is 2. The van der Waals surface area contributed by atoms with Crippen molar-refractivity contribution in [2.24, 2.45) is 0 Å². The highest BCUT2D eigenvalue weighted by atomic mass is 19.1. The number of urea groups is 1. The molecule has 0 unspecified atom stereocenters. The van der Waals surface area contributed by atoms with Crippen molar-refractivity contribution in [2.45, 2.75) is 51.1 Å². The Balaban J connectivity index is 2.42. The summed E-state index contributed by atoms with van der Waals surface area (Å²) in [6.45, 7) is -0.673. The zero-order valence-electron chi connectivity index (χ0n) is 18.7. The van der Waals surface area contributed by atoms with Gasteiger partial charge in [-0.25, -0.2) is 29.5 Å². The van der Waals surface area contributed by atoms with Crippen LogP contribution in [0.4, 0.5) is 14.0 Å². The summed E-state index contributed by atoms with van der Waals surface area (Å²) >= 11 is 0. The van der Waals surface area contributed by atoms with Gasteiger partial charge in [-0.05, 0) is 32.1 Å². The van der Waals surface area contributed by atoms with E-state index in [1.165, 1.54) is 10.9 Å². The first-order valence-corrected chi connectivity index (χ1v) is 10.5. The molecule has 1 heterocycles. The SMILES string of the molecule is O=C(O)CC[C@@H](C(=O)O)N(O)C(=O)NN(CCCCNC(=O)Cn1cc(CCCF)nn1)C(=O)O. The number of nitrogens with zero attached hydrogens (tertiary/aromatic N) is 5. The van der Waals surface area contributed by atoms with E-state index in [1.54, 1.807) is 0 Å². The highest BCUT2D eigenvalue weighted by Crippen LogP contribution is 2.07. The van der Waals surface area contributed by atoms with Gasteiger partial charge in [0.2, 0.25) is 5.91 Å². The second kappa shape index (κ2) is 15.0. The lowest BCUT2D eigenvalue weighted by atomic mass is 10.1. The van der Waals surface area contributed by atoms with Crippen LogP contribution in [-0.4, -0.2) is 101 Å². The standard InChI is InChI=1S/C18H28FN7O9/c19-7-3-4-12-10-24(23-21-12)11-14(27)20-8-1-2-9-25(18(33)34)22-17(32)26(35)13(16(30)31)5-6-15(28)29/h10,13,35H,1-9,11H2,(H,20,27)(H,22,32)(H,28,29)(H,30,31)(H,33,34)/t13-/m0/s1. The Morgan fingerprint density at radius 3 is 2.43 bits per heavy atom. The maximum atomic E-state index is 12.2. The fourth-order valence-corrected chi connectivity index (χ4v) is 2.72. The van der Waals surface area contributed by atoms with Crippen molar-refractivity contribution in [3.05, 3.63) is 11.9 Å². The number of carboxylic acid groups (broad SMARTS) is 3. The fraction of sp³-hybridized carbons (Fsp3) is 0.611. The lowest BCUT2D eigenvalue weighted by molar-refractivity contribution is -0.158. The van der Waals surface area contributed by atoms with E-state index in [9.17, 15) is 38.7 Å². The molecule has 6 N–H and O–H groups in total. The first-order chi connectivity index (χ1) is 16.5. The van der Waals surface area contributed by atoms with Gasteiger partial charge < -0.3 is 20.6 Å². The lowest BCUT2D eigenvalue weighted by Gasteiger charge is -2.26. The first-order valence-electron chi connectivity index (χ1n) is 10.5. The maximum absolute atomic E-state index is 12.2. The number of carbonyl (C=O) groups is 5. The number of hydrogen-bond donors (Lipinski definition) is 6. The number of unbranched alkanes of at least 4 members (excludes halogenated alkanes) is 1. The van der Waals surface area contributed by atoms with Crippen LogP contribution in [0.3, 0.4) is 0 Å². The Hall–Kier alpha value is -4.02. The third kappa shape index (κ3) is 11.1. The van der Waals surface area contributed by atoms with E-state index >= 15 is 0 Å². The van der Waals surface area contributed by atoms with Gasteiger partial charge in [0.05, 0.1) is 12.4 Å². The Bertz CT molecular complexity index is 882. The van der Waals surface area contributed by atoms with E-state index in [0.717, 1.165) is 0 Å². The molecule has 17 heteroatoms. The Morgan fingerprint density at radius 1 is 1.11 bits per heavy atom. The second-order valence-corrected chi connectivity index (χ2v) is 7.24. The molecule has 0 radical (unpaired) electrons. The molecule has 16 nitrogen and oxygen atoms in total. The Morgan fingerprint density at radius 2 is 1.83 bits per heavy atom. The van der Waals surface area contributed by atoms with E-state index in [0.29, 0.717) is 30.0 Å². The number of halogens is 1. The number of hydrazine groups is 1. The molecule has 0 aromatic carbocycles. The van der Waals surface area contributed by atoms with Crippen LogP contribution in [0.15, 0.2) is 6.20 Å². The van der Waals surface area contributed by atoms with E-state index < -0.39 is 49.6 Å². The van der Waals surface area contributed by atoms with E-state index in [-0.39, 0.29) is 37.0 Å². The summed E-state index contributed by atoms with van der Waals surface area (Å²) in [5, 5.41) is 47.0. The smallest absolute Gasteiger partial charge is 0.426 e. The summed E-state index contributed by atoms with van der Waals surface area (Å²) in [5.74, 6) is -3.40. The minimum atomic E-state index is -1.90.